The third-order valence-corrected chi connectivity index (χ3v) is 6.74. The number of carbonyl (C=O) groups is 1. The van der Waals surface area contributed by atoms with Gasteiger partial charge < -0.3 is 14.6 Å². The number of amides is 1. The van der Waals surface area contributed by atoms with Crippen LogP contribution < -0.4 is 10.1 Å². The number of hydrogen-bond donors (Lipinski definition) is 1. The van der Waals surface area contributed by atoms with Crippen molar-refractivity contribution in [1.29, 1.82) is 0 Å². The predicted molar refractivity (Wildman–Crippen MR) is 150 cm³/mol. The number of benzene rings is 4. The fourth-order valence-corrected chi connectivity index (χ4v) is 4.85. The van der Waals surface area contributed by atoms with E-state index in [0.29, 0.717) is 13.2 Å². The van der Waals surface area contributed by atoms with E-state index in [9.17, 15) is 4.79 Å². The predicted octanol–water partition coefficient (Wildman–Crippen LogP) is 6.64. The minimum Gasteiger partial charge on any atom is -0.494 e. The van der Waals surface area contributed by atoms with Gasteiger partial charge in [-0.05, 0) is 73.4 Å². The Labute approximate surface area is 218 Å². The van der Waals surface area contributed by atoms with Crippen LogP contribution in [0.1, 0.15) is 40.2 Å². The van der Waals surface area contributed by atoms with Gasteiger partial charge in [0.05, 0.1) is 17.6 Å². The van der Waals surface area contributed by atoms with Crippen molar-refractivity contribution in [2.24, 2.45) is 0 Å². The Morgan fingerprint density at radius 3 is 2.57 bits per heavy atom. The Hall–Kier alpha value is -4.12. The summed E-state index contributed by atoms with van der Waals surface area (Å²) in [5.74, 6) is 1.93. The fraction of sp³-hybridized carbons (Fsp3) is 0.250. The molecule has 1 amide bonds. The zero-order chi connectivity index (χ0) is 25.6. The maximum Gasteiger partial charge on any atom is 0.251 e. The minimum atomic E-state index is -0.0168. The topological polar surface area (TPSA) is 56.2 Å². The van der Waals surface area contributed by atoms with E-state index in [1.165, 1.54) is 10.8 Å². The molecule has 0 fully saturated rings. The van der Waals surface area contributed by atoms with Crippen LogP contribution >= 0.6 is 0 Å². The number of fused-ring (bicyclic) bond motifs is 2. The number of aryl methyl sites for hydroxylation is 4. The molecule has 0 saturated heterocycles. The van der Waals surface area contributed by atoms with Gasteiger partial charge in [-0.1, -0.05) is 60.2 Å². The van der Waals surface area contributed by atoms with Crippen LogP contribution in [0.3, 0.4) is 0 Å². The van der Waals surface area contributed by atoms with Gasteiger partial charge >= 0.3 is 0 Å². The number of rotatable bonds is 10. The molecule has 5 rings (SSSR count). The van der Waals surface area contributed by atoms with E-state index in [1.807, 2.05) is 50.2 Å². The second-order valence-electron chi connectivity index (χ2n) is 9.56. The van der Waals surface area contributed by atoms with E-state index >= 15 is 0 Å². The first kappa shape index (κ1) is 24.6. The first-order valence-corrected chi connectivity index (χ1v) is 13.0. The maximum absolute atomic E-state index is 12.6. The molecule has 1 heterocycles. The molecule has 0 atom stereocenters. The van der Waals surface area contributed by atoms with Gasteiger partial charge in [0, 0.05) is 25.1 Å². The highest BCUT2D eigenvalue weighted by Gasteiger charge is 2.12. The molecule has 0 saturated carbocycles. The van der Waals surface area contributed by atoms with Gasteiger partial charge in [-0.2, -0.15) is 0 Å². The number of nitrogens with zero attached hydrogens (tertiary/aromatic N) is 2. The van der Waals surface area contributed by atoms with Crippen LogP contribution in [0.4, 0.5) is 0 Å². The average molecular weight is 492 g/mol. The number of carbonyl (C=O) groups excluding carboxylic acids is 1. The van der Waals surface area contributed by atoms with E-state index in [4.69, 9.17) is 9.72 Å². The fourth-order valence-electron chi connectivity index (χ4n) is 4.85. The van der Waals surface area contributed by atoms with Gasteiger partial charge in [0.25, 0.3) is 5.91 Å². The summed E-state index contributed by atoms with van der Waals surface area (Å²) in [5, 5.41) is 5.47. The SMILES string of the molecule is Cc1ccc(C(=O)NCCCc2nc3ccccc3n2CCCOc2ccc3ccccc3c2)c(C)c1. The molecular formula is C32H33N3O2. The Balaban J connectivity index is 1.17. The molecule has 5 heteroatoms. The van der Waals surface area contributed by atoms with Gasteiger partial charge in [-0.15, -0.1) is 0 Å². The Kier molecular flexibility index (Phi) is 7.50. The molecule has 0 unspecified atom stereocenters. The minimum absolute atomic E-state index is 0.0168. The monoisotopic (exact) mass is 491 g/mol. The van der Waals surface area contributed by atoms with Gasteiger partial charge in [-0.25, -0.2) is 4.98 Å². The van der Waals surface area contributed by atoms with E-state index in [2.05, 4.69) is 58.4 Å². The molecule has 5 nitrogen and oxygen atoms in total. The van der Waals surface area contributed by atoms with Gasteiger partial charge in [0.15, 0.2) is 0 Å². The molecule has 0 spiro atoms. The molecule has 0 bridgehead atoms. The van der Waals surface area contributed by atoms with Crippen molar-refractivity contribution in [2.45, 2.75) is 39.7 Å². The second-order valence-corrected chi connectivity index (χ2v) is 9.56. The third-order valence-electron chi connectivity index (χ3n) is 6.74. The number of para-hydroxylation sites is 2. The number of aromatic nitrogens is 2. The zero-order valence-electron chi connectivity index (χ0n) is 21.5. The van der Waals surface area contributed by atoms with E-state index in [1.54, 1.807) is 0 Å². The second kappa shape index (κ2) is 11.3. The summed E-state index contributed by atoms with van der Waals surface area (Å²) >= 11 is 0. The lowest BCUT2D eigenvalue weighted by atomic mass is 10.1. The summed E-state index contributed by atoms with van der Waals surface area (Å²) in [6, 6.07) is 28.7. The van der Waals surface area contributed by atoms with Crippen LogP contribution in [0.25, 0.3) is 21.8 Å². The summed E-state index contributed by atoms with van der Waals surface area (Å²) in [7, 11) is 0. The Morgan fingerprint density at radius 2 is 1.70 bits per heavy atom. The molecule has 5 aromatic rings. The molecule has 188 valence electrons. The third kappa shape index (κ3) is 5.83. The molecule has 0 aliphatic rings. The van der Waals surface area contributed by atoms with Crippen molar-refractivity contribution in [1.82, 2.24) is 14.9 Å². The van der Waals surface area contributed by atoms with Crippen molar-refractivity contribution in [3.05, 3.63) is 107 Å². The van der Waals surface area contributed by atoms with E-state index in [-0.39, 0.29) is 5.91 Å². The molecule has 37 heavy (non-hydrogen) atoms. The maximum atomic E-state index is 12.6. The van der Waals surface area contributed by atoms with Crippen LogP contribution in [-0.4, -0.2) is 28.6 Å². The highest BCUT2D eigenvalue weighted by atomic mass is 16.5. The Bertz CT molecular complexity index is 1540. The molecule has 4 aromatic carbocycles. The van der Waals surface area contributed by atoms with Gasteiger partial charge in [0.1, 0.15) is 11.6 Å². The first-order valence-electron chi connectivity index (χ1n) is 13.0. The molecule has 0 radical (unpaired) electrons. The average Bonchev–Trinajstić information content (AvgIpc) is 3.26. The summed E-state index contributed by atoms with van der Waals surface area (Å²) in [6.07, 6.45) is 2.50. The van der Waals surface area contributed by atoms with Gasteiger partial charge in [0.2, 0.25) is 0 Å². The lowest BCUT2D eigenvalue weighted by Crippen LogP contribution is -2.25. The van der Waals surface area contributed by atoms with Crippen LogP contribution in [0.2, 0.25) is 0 Å². The molecule has 0 aliphatic carbocycles. The van der Waals surface area contributed by atoms with Gasteiger partial charge in [-0.3, -0.25) is 4.79 Å². The van der Waals surface area contributed by atoms with Crippen molar-refractivity contribution < 1.29 is 9.53 Å². The van der Waals surface area contributed by atoms with Crippen molar-refractivity contribution in [3.8, 4) is 5.75 Å². The van der Waals surface area contributed by atoms with Crippen molar-refractivity contribution in [2.75, 3.05) is 13.2 Å². The lowest BCUT2D eigenvalue weighted by Gasteiger charge is -2.12. The van der Waals surface area contributed by atoms with Crippen LogP contribution in [0.5, 0.6) is 5.75 Å². The highest BCUT2D eigenvalue weighted by molar-refractivity contribution is 5.95. The van der Waals surface area contributed by atoms with E-state index in [0.717, 1.165) is 65.1 Å². The lowest BCUT2D eigenvalue weighted by molar-refractivity contribution is 0.0952. The quantitative estimate of drug-likeness (QED) is 0.223. The molecule has 1 aromatic heterocycles. The highest BCUT2D eigenvalue weighted by Crippen LogP contribution is 2.21. The first-order chi connectivity index (χ1) is 18.1. The largest absolute Gasteiger partial charge is 0.494 e. The summed E-state index contributed by atoms with van der Waals surface area (Å²) in [6.45, 7) is 6.10. The van der Waals surface area contributed by atoms with Crippen molar-refractivity contribution >= 4 is 27.7 Å². The number of nitrogens with one attached hydrogen (secondary N) is 1. The zero-order valence-corrected chi connectivity index (χ0v) is 21.5. The smallest absolute Gasteiger partial charge is 0.251 e. The van der Waals surface area contributed by atoms with E-state index < -0.39 is 0 Å². The van der Waals surface area contributed by atoms with Crippen LogP contribution in [-0.2, 0) is 13.0 Å². The summed E-state index contributed by atoms with van der Waals surface area (Å²) in [5.41, 5.74) is 5.06. The standard InChI is InChI=1S/C32H33N3O2/c1-23-14-17-28(24(2)21-23)32(36)33-18-7-13-31-34-29-11-5-6-12-30(29)35(31)19-8-20-37-27-16-15-25-9-3-4-10-26(25)22-27/h3-6,9-12,14-17,21-22H,7-8,13,18-20H2,1-2H3,(H,33,36). The van der Waals surface area contributed by atoms with Crippen molar-refractivity contribution in [3.63, 3.8) is 0 Å². The molecule has 0 aliphatic heterocycles. The Morgan fingerprint density at radius 1 is 0.892 bits per heavy atom. The number of imidazole rings is 1. The van der Waals surface area contributed by atoms with Crippen LogP contribution in [0.15, 0.2) is 84.9 Å². The summed E-state index contributed by atoms with van der Waals surface area (Å²) in [4.78, 5) is 17.5. The molecule has 1 N–H and O–H groups in total. The van der Waals surface area contributed by atoms with Crippen LogP contribution in [0, 0.1) is 13.8 Å². The molecular weight excluding hydrogens is 458 g/mol. The summed E-state index contributed by atoms with van der Waals surface area (Å²) < 4.78 is 8.36. The normalized spacial score (nSPS) is 11.2. The number of ether oxygens (including phenoxy) is 1. The number of hydrogen-bond acceptors (Lipinski definition) is 3.